The number of hydrogen-bond donors (Lipinski definition) is 0. The van der Waals surface area contributed by atoms with Crippen molar-refractivity contribution in [2.75, 3.05) is 20.3 Å². The van der Waals surface area contributed by atoms with Gasteiger partial charge in [0.1, 0.15) is 0 Å². The minimum atomic E-state index is -0.228. The highest BCUT2D eigenvalue weighted by molar-refractivity contribution is 5.85. The lowest BCUT2D eigenvalue weighted by Gasteiger charge is -2.31. The van der Waals surface area contributed by atoms with E-state index in [1.54, 1.807) is 0 Å². The molecule has 1 aliphatic carbocycles. The Morgan fingerprint density at radius 1 is 1.17 bits per heavy atom. The summed E-state index contributed by atoms with van der Waals surface area (Å²) in [6.07, 6.45) is 4.05. The Morgan fingerprint density at radius 2 is 1.75 bits per heavy atom. The molecule has 3 nitrogen and oxygen atoms in total. The highest BCUT2D eigenvalue weighted by atomic mass is 16.7. The fourth-order valence-corrected chi connectivity index (χ4v) is 1.93. The van der Waals surface area contributed by atoms with E-state index in [1.807, 2.05) is 7.05 Å². The predicted molar refractivity (Wildman–Crippen MR) is 46.5 cm³/mol. The number of hydrogen-bond acceptors (Lipinski definition) is 3. The average molecular weight is 169 g/mol. The van der Waals surface area contributed by atoms with Crippen molar-refractivity contribution in [3.05, 3.63) is 0 Å². The molecule has 0 amide bonds. The van der Waals surface area contributed by atoms with Crippen LogP contribution in [0.3, 0.4) is 0 Å². The zero-order valence-corrected chi connectivity index (χ0v) is 7.51. The van der Waals surface area contributed by atoms with E-state index in [0.717, 1.165) is 38.9 Å². The van der Waals surface area contributed by atoms with E-state index in [1.165, 1.54) is 5.71 Å². The second-order valence-corrected chi connectivity index (χ2v) is 3.40. The zero-order valence-electron chi connectivity index (χ0n) is 7.51. The molecule has 2 rings (SSSR count). The summed E-state index contributed by atoms with van der Waals surface area (Å²) in [5, 5.41) is 0. The highest BCUT2D eigenvalue weighted by Gasteiger charge is 2.38. The largest absolute Gasteiger partial charge is 0.348 e. The van der Waals surface area contributed by atoms with Gasteiger partial charge in [-0.3, -0.25) is 4.99 Å². The van der Waals surface area contributed by atoms with Crippen molar-refractivity contribution in [3.8, 4) is 0 Å². The molecule has 68 valence electrons. The molecule has 0 bridgehead atoms. The maximum Gasteiger partial charge on any atom is 0.169 e. The SMILES string of the molecule is CN=C1CCC2(CC1)OCCO2. The first-order valence-electron chi connectivity index (χ1n) is 4.57. The summed E-state index contributed by atoms with van der Waals surface area (Å²) in [7, 11) is 1.86. The molecule has 3 heteroatoms. The lowest BCUT2D eigenvalue weighted by atomic mass is 9.92. The Hall–Kier alpha value is -0.410. The lowest BCUT2D eigenvalue weighted by molar-refractivity contribution is -0.167. The van der Waals surface area contributed by atoms with Gasteiger partial charge >= 0.3 is 0 Å². The first-order chi connectivity index (χ1) is 5.85. The van der Waals surface area contributed by atoms with Gasteiger partial charge in [0.05, 0.1) is 13.2 Å². The summed E-state index contributed by atoms with van der Waals surface area (Å²) in [5.74, 6) is -0.228. The Kier molecular flexibility index (Phi) is 2.15. The van der Waals surface area contributed by atoms with Gasteiger partial charge in [0.2, 0.25) is 0 Å². The molecular weight excluding hydrogens is 154 g/mol. The molecule has 0 unspecified atom stereocenters. The summed E-state index contributed by atoms with van der Waals surface area (Å²) >= 11 is 0. The van der Waals surface area contributed by atoms with Gasteiger partial charge in [-0.2, -0.15) is 0 Å². The topological polar surface area (TPSA) is 30.8 Å². The minimum Gasteiger partial charge on any atom is -0.348 e. The van der Waals surface area contributed by atoms with E-state index in [4.69, 9.17) is 9.47 Å². The van der Waals surface area contributed by atoms with Gasteiger partial charge in [-0.15, -0.1) is 0 Å². The van der Waals surface area contributed by atoms with Crippen LogP contribution in [-0.2, 0) is 9.47 Å². The van der Waals surface area contributed by atoms with Gasteiger partial charge in [0.15, 0.2) is 5.79 Å². The standard InChI is InChI=1S/C9H15NO2/c1-10-8-2-4-9(5-3-8)11-6-7-12-9/h2-7H2,1H3. The van der Waals surface area contributed by atoms with Crippen LogP contribution in [0.5, 0.6) is 0 Å². The Bertz CT molecular complexity index is 183. The monoisotopic (exact) mass is 169 g/mol. The summed E-state index contributed by atoms with van der Waals surface area (Å²) < 4.78 is 11.2. The van der Waals surface area contributed by atoms with Crippen LogP contribution in [0, 0.1) is 0 Å². The molecule has 0 aromatic heterocycles. The van der Waals surface area contributed by atoms with Crippen molar-refractivity contribution < 1.29 is 9.47 Å². The maximum absolute atomic E-state index is 5.60. The van der Waals surface area contributed by atoms with Crippen LogP contribution in [0.25, 0.3) is 0 Å². The van der Waals surface area contributed by atoms with E-state index in [9.17, 15) is 0 Å². The Balaban J connectivity index is 1.97. The van der Waals surface area contributed by atoms with Crippen LogP contribution in [0.15, 0.2) is 4.99 Å². The van der Waals surface area contributed by atoms with Crippen LogP contribution in [-0.4, -0.2) is 31.8 Å². The molecule has 0 atom stereocenters. The molecule has 1 saturated carbocycles. The van der Waals surface area contributed by atoms with Crippen LogP contribution >= 0.6 is 0 Å². The third-order valence-electron chi connectivity index (χ3n) is 2.72. The molecule has 1 saturated heterocycles. The van der Waals surface area contributed by atoms with Gasteiger partial charge in [0.25, 0.3) is 0 Å². The molecule has 1 aliphatic heterocycles. The fraction of sp³-hybridized carbons (Fsp3) is 0.889. The van der Waals surface area contributed by atoms with Crippen molar-refractivity contribution in [2.45, 2.75) is 31.5 Å². The summed E-state index contributed by atoms with van der Waals surface area (Å²) in [5.41, 5.74) is 1.31. The normalized spacial score (nSPS) is 27.9. The Labute approximate surface area is 72.8 Å². The van der Waals surface area contributed by atoms with Gasteiger partial charge in [-0.25, -0.2) is 0 Å². The van der Waals surface area contributed by atoms with Crippen LogP contribution in [0.1, 0.15) is 25.7 Å². The third kappa shape index (κ3) is 1.39. The van der Waals surface area contributed by atoms with Crippen molar-refractivity contribution in [1.82, 2.24) is 0 Å². The molecule has 1 heterocycles. The smallest absolute Gasteiger partial charge is 0.169 e. The van der Waals surface area contributed by atoms with Gasteiger partial charge < -0.3 is 9.47 Å². The van der Waals surface area contributed by atoms with Crippen molar-refractivity contribution >= 4 is 5.71 Å². The molecule has 12 heavy (non-hydrogen) atoms. The lowest BCUT2D eigenvalue weighted by Crippen LogP contribution is -2.35. The molecular formula is C9H15NO2. The highest BCUT2D eigenvalue weighted by Crippen LogP contribution is 2.34. The van der Waals surface area contributed by atoms with E-state index >= 15 is 0 Å². The number of nitrogens with zero attached hydrogens (tertiary/aromatic N) is 1. The molecule has 0 N–H and O–H groups in total. The first-order valence-corrected chi connectivity index (χ1v) is 4.57. The quantitative estimate of drug-likeness (QED) is 0.548. The summed E-state index contributed by atoms with van der Waals surface area (Å²) in [6.45, 7) is 1.53. The van der Waals surface area contributed by atoms with Crippen molar-refractivity contribution in [2.24, 2.45) is 4.99 Å². The maximum atomic E-state index is 5.60. The molecule has 2 fully saturated rings. The van der Waals surface area contributed by atoms with Crippen molar-refractivity contribution in [1.29, 1.82) is 0 Å². The molecule has 0 aromatic rings. The van der Waals surface area contributed by atoms with Crippen LogP contribution in [0.2, 0.25) is 0 Å². The number of ether oxygens (including phenoxy) is 2. The van der Waals surface area contributed by atoms with Gasteiger partial charge in [-0.1, -0.05) is 0 Å². The van der Waals surface area contributed by atoms with E-state index in [0.29, 0.717) is 0 Å². The predicted octanol–water partition coefficient (Wildman–Crippen LogP) is 1.37. The Morgan fingerprint density at radius 3 is 2.25 bits per heavy atom. The molecule has 0 aromatic carbocycles. The van der Waals surface area contributed by atoms with Crippen LogP contribution in [0.4, 0.5) is 0 Å². The van der Waals surface area contributed by atoms with E-state index < -0.39 is 0 Å². The van der Waals surface area contributed by atoms with E-state index in [-0.39, 0.29) is 5.79 Å². The fourth-order valence-electron chi connectivity index (χ4n) is 1.93. The molecule has 2 aliphatic rings. The third-order valence-corrected chi connectivity index (χ3v) is 2.72. The summed E-state index contributed by atoms with van der Waals surface area (Å²) in [6, 6.07) is 0. The van der Waals surface area contributed by atoms with Crippen LogP contribution < -0.4 is 0 Å². The average Bonchev–Trinajstić information content (AvgIpc) is 2.55. The molecule has 0 radical (unpaired) electrons. The molecule has 1 spiro atoms. The number of aliphatic imine (C=N–C) groups is 1. The summed E-state index contributed by atoms with van der Waals surface area (Å²) in [4.78, 5) is 4.21. The van der Waals surface area contributed by atoms with E-state index in [2.05, 4.69) is 4.99 Å². The second kappa shape index (κ2) is 3.15. The first kappa shape index (κ1) is 8.20. The second-order valence-electron chi connectivity index (χ2n) is 3.40. The minimum absolute atomic E-state index is 0.228. The van der Waals surface area contributed by atoms with Gasteiger partial charge in [-0.05, 0) is 12.8 Å². The van der Waals surface area contributed by atoms with Gasteiger partial charge in [0, 0.05) is 25.6 Å². The van der Waals surface area contributed by atoms with Crippen molar-refractivity contribution in [3.63, 3.8) is 0 Å². The number of rotatable bonds is 0. The zero-order chi connectivity index (χ0) is 8.44.